The summed E-state index contributed by atoms with van der Waals surface area (Å²) in [6.45, 7) is 4.27. The van der Waals surface area contributed by atoms with Crippen molar-refractivity contribution in [2.24, 2.45) is 0 Å². The minimum absolute atomic E-state index is 0.0709. The first-order chi connectivity index (χ1) is 14.8. The van der Waals surface area contributed by atoms with Crippen molar-refractivity contribution in [3.05, 3.63) is 81.5 Å². The Balaban J connectivity index is 1.66. The number of imide groups is 1. The molecule has 0 saturated carbocycles. The molecule has 0 unspecified atom stereocenters. The van der Waals surface area contributed by atoms with Crippen molar-refractivity contribution in [1.82, 2.24) is 0 Å². The zero-order chi connectivity index (χ0) is 22.2. The summed E-state index contributed by atoms with van der Waals surface area (Å²) in [4.78, 5) is 40.5. The highest BCUT2D eigenvalue weighted by Gasteiger charge is 2.37. The third-order valence-electron chi connectivity index (χ3n) is 5.16. The van der Waals surface area contributed by atoms with Gasteiger partial charge in [-0.25, -0.2) is 9.69 Å². The van der Waals surface area contributed by atoms with Gasteiger partial charge in [0.15, 0.2) is 0 Å². The van der Waals surface area contributed by atoms with Crippen LogP contribution in [0.1, 0.15) is 45.0 Å². The first-order valence-electron chi connectivity index (χ1n) is 9.72. The number of hydrogen-bond acceptors (Lipinski definition) is 6. The summed E-state index contributed by atoms with van der Waals surface area (Å²) in [6, 6.07) is 17.6. The van der Waals surface area contributed by atoms with Crippen LogP contribution in [0.25, 0.3) is 0 Å². The molecule has 0 N–H and O–H groups in total. The second kappa shape index (κ2) is 8.32. The number of thioether (sulfide) groups is 1. The van der Waals surface area contributed by atoms with Gasteiger partial charge in [0.05, 0.1) is 24.8 Å². The Kier molecular flexibility index (Phi) is 5.73. The van der Waals surface area contributed by atoms with Gasteiger partial charge in [-0.3, -0.25) is 9.59 Å². The molecule has 0 spiro atoms. The molecule has 0 saturated heterocycles. The number of nitrogens with zero attached hydrogens (tertiary/aromatic N) is 1. The maximum Gasteiger partial charge on any atom is 0.348 e. The Hall–Kier alpha value is -2.90. The zero-order valence-electron chi connectivity index (χ0n) is 17.4. The predicted octanol–water partition coefficient (Wildman–Crippen LogP) is 5.29. The van der Waals surface area contributed by atoms with E-state index in [1.807, 2.05) is 36.4 Å². The zero-order valence-corrected chi connectivity index (χ0v) is 19.0. The lowest BCUT2D eigenvalue weighted by molar-refractivity contribution is -0.117. The van der Waals surface area contributed by atoms with Gasteiger partial charge in [-0.2, -0.15) is 0 Å². The molecule has 1 aliphatic heterocycles. The fourth-order valence-electron chi connectivity index (χ4n) is 3.61. The molecular formula is C24H21NO4S2. The lowest BCUT2D eigenvalue weighted by Crippen LogP contribution is -2.42. The highest BCUT2D eigenvalue weighted by Crippen LogP contribution is 2.42. The minimum atomic E-state index is -0.567. The quantitative estimate of drug-likeness (QED) is 0.300. The monoisotopic (exact) mass is 451 g/mol. The van der Waals surface area contributed by atoms with Crippen molar-refractivity contribution < 1.29 is 19.1 Å². The van der Waals surface area contributed by atoms with E-state index in [1.54, 1.807) is 23.2 Å². The molecule has 1 aliphatic rings. The van der Waals surface area contributed by atoms with Gasteiger partial charge in [0.2, 0.25) is 5.91 Å². The summed E-state index contributed by atoms with van der Waals surface area (Å²) >= 11 is 2.79. The van der Waals surface area contributed by atoms with Crippen LogP contribution in [0.4, 0.5) is 5.69 Å². The summed E-state index contributed by atoms with van der Waals surface area (Å²) in [7, 11) is 1.28. The summed E-state index contributed by atoms with van der Waals surface area (Å²) in [5.74, 6) is -1.36. The summed E-state index contributed by atoms with van der Waals surface area (Å²) in [5.41, 5.74) is 2.52. The Morgan fingerprint density at radius 1 is 1.10 bits per heavy atom. The lowest BCUT2D eigenvalue weighted by atomic mass is 10.0. The van der Waals surface area contributed by atoms with E-state index in [1.165, 1.54) is 17.6 Å². The van der Waals surface area contributed by atoms with Gasteiger partial charge >= 0.3 is 5.97 Å². The Morgan fingerprint density at radius 2 is 1.84 bits per heavy atom. The van der Waals surface area contributed by atoms with E-state index in [-0.39, 0.29) is 27.5 Å². The van der Waals surface area contributed by atoms with Crippen LogP contribution in [0.3, 0.4) is 0 Å². The average molecular weight is 452 g/mol. The molecule has 5 nitrogen and oxygen atoms in total. The number of rotatable bonds is 5. The number of esters is 1. The number of ether oxygens (including phenoxy) is 1. The maximum atomic E-state index is 13.2. The van der Waals surface area contributed by atoms with Crippen LogP contribution in [-0.4, -0.2) is 24.9 Å². The average Bonchev–Trinajstić information content (AvgIpc) is 3.18. The fourth-order valence-corrected chi connectivity index (χ4v) is 5.76. The first kappa shape index (κ1) is 21.3. The smallest absolute Gasteiger partial charge is 0.348 e. The van der Waals surface area contributed by atoms with E-state index in [0.29, 0.717) is 11.3 Å². The largest absolute Gasteiger partial charge is 0.465 e. The molecule has 7 heteroatoms. The highest BCUT2D eigenvalue weighted by molar-refractivity contribution is 8.00. The number of carbonyl (C=O) groups is 3. The van der Waals surface area contributed by atoms with Crippen LogP contribution in [-0.2, 0) is 20.7 Å². The summed E-state index contributed by atoms with van der Waals surface area (Å²) in [5, 5.41) is 1.68. The standard InChI is InChI=1S/C24H21NO4S2/c1-24(2,16-8-5-4-6-9-16)31-18-11-7-10-17(13-18)25-19(26)12-15-14-30-21(23(28)29-3)20(15)22(25)27/h4-11,13-14H,12H2,1-3H3. The number of hydrogen-bond donors (Lipinski definition) is 0. The van der Waals surface area contributed by atoms with Crippen molar-refractivity contribution >= 4 is 46.6 Å². The van der Waals surface area contributed by atoms with Crippen molar-refractivity contribution in [2.75, 3.05) is 12.0 Å². The van der Waals surface area contributed by atoms with Gasteiger partial charge in [-0.1, -0.05) is 36.4 Å². The molecule has 1 aromatic heterocycles. The van der Waals surface area contributed by atoms with Crippen LogP contribution >= 0.6 is 23.1 Å². The minimum Gasteiger partial charge on any atom is -0.465 e. The van der Waals surface area contributed by atoms with Crippen molar-refractivity contribution in [2.45, 2.75) is 29.9 Å². The van der Waals surface area contributed by atoms with Crippen molar-refractivity contribution in [1.29, 1.82) is 0 Å². The van der Waals surface area contributed by atoms with E-state index in [4.69, 9.17) is 4.74 Å². The normalized spacial score (nSPS) is 13.8. The van der Waals surface area contributed by atoms with E-state index >= 15 is 0 Å². The van der Waals surface area contributed by atoms with Crippen LogP contribution in [0.15, 0.2) is 64.9 Å². The second-order valence-corrected chi connectivity index (χ2v) is 10.2. The third kappa shape index (κ3) is 4.03. The number of methoxy groups -OCH3 is 1. The predicted molar refractivity (Wildman–Crippen MR) is 123 cm³/mol. The van der Waals surface area contributed by atoms with Gasteiger partial charge in [-0.15, -0.1) is 23.1 Å². The van der Waals surface area contributed by atoms with Crippen LogP contribution in [0, 0.1) is 0 Å². The van der Waals surface area contributed by atoms with E-state index in [0.717, 1.165) is 16.2 Å². The second-order valence-electron chi connectivity index (χ2n) is 7.64. The number of carbonyl (C=O) groups excluding carboxylic acids is 3. The van der Waals surface area contributed by atoms with Gasteiger partial charge in [0.25, 0.3) is 5.91 Å². The number of fused-ring (bicyclic) bond motifs is 1. The maximum absolute atomic E-state index is 13.2. The molecule has 0 fully saturated rings. The van der Waals surface area contributed by atoms with Crippen molar-refractivity contribution in [3.8, 4) is 0 Å². The molecule has 0 atom stereocenters. The van der Waals surface area contributed by atoms with Crippen LogP contribution < -0.4 is 4.90 Å². The van der Waals surface area contributed by atoms with Crippen LogP contribution in [0.2, 0.25) is 0 Å². The van der Waals surface area contributed by atoms with Gasteiger partial charge < -0.3 is 4.74 Å². The van der Waals surface area contributed by atoms with Gasteiger partial charge in [0.1, 0.15) is 4.88 Å². The lowest BCUT2D eigenvalue weighted by Gasteiger charge is -2.28. The molecule has 3 aromatic rings. The van der Waals surface area contributed by atoms with Crippen LogP contribution in [0.5, 0.6) is 0 Å². The van der Waals surface area contributed by atoms with Gasteiger partial charge in [0, 0.05) is 9.64 Å². The molecule has 158 valence electrons. The first-order valence-corrected chi connectivity index (χ1v) is 11.4. The number of benzene rings is 2. The highest BCUT2D eigenvalue weighted by atomic mass is 32.2. The molecule has 2 amide bonds. The van der Waals surface area contributed by atoms with Gasteiger partial charge in [-0.05, 0) is 48.6 Å². The molecule has 31 heavy (non-hydrogen) atoms. The number of amides is 2. The summed E-state index contributed by atoms with van der Waals surface area (Å²) in [6.07, 6.45) is 0.0709. The third-order valence-corrected chi connectivity index (χ3v) is 7.41. The number of anilines is 1. The van der Waals surface area contributed by atoms with E-state index in [9.17, 15) is 14.4 Å². The topological polar surface area (TPSA) is 63.7 Å². The molecule has 0 radical (unpaired) electrons. The molecule has 0 bridgehead atoms. The SMILES string of the molecule is COC(=O)c1scc2c1C(=O)N(c1cccc(SC(C)(C)c3ccccc3)c1)C(=O)C2. The fraction of sp³-hybridized carbons (Fsp3) is 0.208. The molecule has 2 aromatic carbocycles. The van der Waals surface area contributed by atoms with Crippen molar-refractivity contribution in [3.63, 3.8) is 0 Å². The molecule has 2 heterocycles. The Morgan fingerprint density at radius 3 is 2.55 bits per heavy atom. The molecular weight excluding hydrogens is 430 g/mol. The number of thiophene rings is 1. The van der Waals surface area contributed by atoms with E-state index in [2.05, 4.69) is 26.0 Å². The molecule has 4 rings (SSSR count). The molecule has 0 aliphatic carbocycles. The van der Waals surface area contributed by atoms with E-state index < -0.39 is 11.9 Å². The summed E-state index contributed by atoms with van der Waals surface area (Å²) < 4.78 is 4.61. The Bertz CT molecular complexity index is 1170. The Labute approximate surface area is 189 Å².